The summed E-state index contributed by atoms with van der Waals surface area (Å²) in [6.07, 6.45) is 2.82. The predicted molar refractivity (Wildman–Crippen MR) is 106 cm³/mol. The second-order valence-electron chi connectivity index (χ2n) is 9.47. The molecule has 5 rings (SSSR count). The number of aromatic nitrogens is 2. The molecule has 8 atom stereocenters. The number of hydrogen-bond acceptors (Lipinski definition) is 8. The Morgan fingerprint density at radius 3 is 2.79 bits per heavy atom. The van der Waals surface area contributed by atoms with Crippen LogP contribution < -0.4 is 21.5 Å². The summed E-state index contributed by atoms with van der Waals surface area (Å²) in [5, 5.41) is 10.1. The summed E-state index contributed by atoms with van der Waals surface area (Å²) in [4.78, 5) is 11.0. The van der Waals surface area contributed by atoms with Crippen LogP contribution in [0.2, 0.25) is 0 Å². The Balaban J connectivity index is 1.34. The van der Waals surface area contributed by atoms with Gasteiger partial charge in [0.2, 0.25) is 0 Å². The van der Waals surface area contributed by atoms with Crippen molar-refractivity contribution in [3.8, 4) is 0 Å². The first kappa shape index (κ1) is 19.6. The van der Waals surface area contributed by atoms with Gasteiger partial charge >= 0.3 is 0 Å². The Morgan fingerprint density at radius 1 is 1.31 bits per heavy atom. The van der Waals surface area contributed by atoms with Crippen LogP contribution in [-0.4, -0.2) is 63.7 Å². The maximum atomic E-state index is 14.7. The van der Waals surface area contributed by atoms with Crippen molar-refractivity contribution < 1.29 is 14.2 Å². The standard InChI is InChI=1S/C20H31FN6O2/c1-10-18(22)15(28)8-27(10)17-7-14(23-9-24-17)19-11-5-16(29-20(2)3-4-20)12(21)6-13(11)25-26-19/h7,9-13,15-16,18-19,25-26,28H,3-6,8,22H2,1-2H3/t10-,11?,12?,13?,15-,16?,18-,19?/m0/s1. The van der Waals surface area contributed by atoms with Crippen LogP contribution in [0.15, 0.2) is 12.4 Å². The first-order valence-corrected chi connectivity index (χ1v) is 10.7. The van der Waals surface area contributed by atoms with Gasteiger partial charge < -0.3 is 20.5 Å². The molecule has 1 aromatic heterocycles. The van der Waals surface area contributed by atoms with Crippen LogP contribution in [0.25, 0.3) is 0 Å². The van der Waals surface area contributed by atoms with Gasteiger partial charge in [-0.3, -0.25) is 5.43 Å². The van der Waals surface area contributed by atoms with E-state index in [9.17, 15) is 9.50 Å². The van der Waals surface area contributed by atoms with Crippen LogP contribution in [0.1, 0.15) is 51.3 Å². The van der Waals surface area contributed by atoms with Gasteiger partial charge in [-0.15, -0.1) is 0 Å². The number of nitrogens with one attached hydrogen (secondary N) is 2. The number of halogens is 1. The number of fused-ring (bicyclic) bond motifs is 1. The molecule has 0 aromatic carbocycles. The molecule has 0 amide bonds. The Hall–Kier alpha value is -1.39. The number of nitrogens with zero attached hydrogens (tertiary/aromatic N) is 3. The van der Waals surface area contributed by atoms with E-state index in [-0.39, 0.29) is 41.8 Å². The second-order valence-corrected chi connectivity index (χ2v) is 9.47. The highest BCUT2D eigenvalue weighted by Gasteiger charge is 2.50. The molecule has 29 heavy (non-hydrogen) atoms. The molecule has 9 heteroatoms. The molecule has 4 aliphatic rings. The molecule has 2 saturated carbocycles. The maximum absolute atomic E-state index is 14.7. The second kappa shape index (κ2) is 7.09. The van der Waals surface area contributed by atoms with Crippen LogP contribution in [0.4, 0.5) is 10.2 Å². The zero-order chi connectivity index (χ0) is 20.3. The highest BCUT2D eigenvalue weighted by atomic mass is 19.1. The molecule has 2 saturated heterocycles. The van der Waals surface area contributed by atoms with Crippen molar-refractivity contribution in [2.24, 2.45) is 11.7 Å². The fourth-order valence-corrected chi connectivity index (χ4v) is 5.07. The van der Waals surface area contributed by atoms with E-state index in [1.54, 1.807) is 6.33 Å². The van der Waals surface area contributed by atoms with Crippen molar-refractivity contribution in [3.63, 3.8) is 0 Å². The van der Waals surface area contributed by atoms with Gasteiger partial charge in [-0.25, -0.2) is 19.8 Å². The zero-order valence-electron chi connectivity index (χ0n) is 17.0. The Morgan fingerprint density at radius 2 is 2.10 bits per heavy atom. The van der Waals surface area contributed by atoms with Crippen LogP contribution in [-0.2, 0) is 4.74 Å². The molecule has 160 valence electrons. The molecule has 1 aromatic rings. The zero-order valence-corrected chi connectivity index (χ0v) is 17.0. The van der Waals surface area contributed by atoms with Crippen molar-refractivity contribution in [2.45, 2.75) is 87.7 Å². The smallest absolute Gasteiger partial charge is 0.132 e. The lowest BCUT2D eigenvalue weighted by Gasteiger charge is -2.36. The lowest BCUT2D eigenvalue weighted by molar-refractivity contribution is -0.0886. The Bertz CT molecular complexity index is 764. The van der Waals surface area contributed by atoms with Gasteiger partial charge in [0.1, 0.15) is 18.3 Å². The third kappa shape index (κ3) is 3.53. The van der Waals surface area contributed by atoms with Gasteiger partial charge in [0.25, 0.3) is 0 Å². The average molecular weight is 407 g/mol. The number of rotatable bonds is 4. The number of anilines is 1. The molecule has 2 aliphatic carbocycles. The van der Waals surface area contributed by atoms with E-state index >= 15 is 0 Å². The highest BCUT2D eigenvalue weighted by Crippen LogP contribution is 2.45. The van der Waals surface area contributed by atoms with Gasteiger partial charge in [0, 0.05) is 30.6 Å². The molecule has 0 bridgehead atoms. The van der Waals surface area contributed by atoms with Gasteiger partial charge in [0.05, 0.1) is 35.6 Å². The molecule has 3 heterocycles. The minimum atomic E-state index is -0.948. The van der Waals surface area contributed by atoms with Gasteiger partial charge in [-0.2, -0.15) is 0 Å². The highest BCUT2D eigenvalue weighted by molar-refractivity contribution is 5.44. The lowest BCUT2D eigenvalue weighted by Crippen LogP contribution is -2.45. The monoisotopic (exact) mass is 406 g/mol. The summed E-state index contributed by atoms with van der Waals surface area (Å²) in [6, 6.07) is 1.67. The summed E-state index contributed by atoms with van der Waals surface area (Å²) in [7, 11) is 0. The summed E-state index contributed by atoms with van der Waals surface area (Å²) < 4.78 is 20.8. The van der Waals surface area contributed by atoms with Crippen LogP contribution in [0, 0.1) is 5.92 Å². The minimum absolute atomic E-state index is 0.00537. The van der Waals surface area contributed by atoms with Crippen molar-refractivity contribution in [1.29, 1.82) is 0 Å². The first-order chi connectivity index (χ1) is 13.8. The Kier molecular flexibility index (Phi) is 4.78. The summed E-state index contributed by atoms with van der Waals surface area (Å²) in [6.45, 7) is 4.53. The van der Waals surface area contributed by atoms with Gasteiger partial charge in [-0.05, 0) is 39.5 Å². The number of β-amino-alcohol motifs (C(OH)–C–C–N with tert-alkyl or cyclic N) is 1. The van der Waals surface area contributed by atoms with E-state index in [0.29, 0.717) is 19.4 Å². The van der Waals surface area contributed by atoms with E-state index < -0.39 is 12.3 Å². The van der Waals surface area contributed by atoms with Crippen LogP contribution in [0.5, 0.6) is 0 Å². The first-order valence-electron chi connectivity index (χ1n) is 10.7. The van der Waals surface area contributed by atoms with Crippen molar-refractivity contribution in [3.05, 3.63) is 18.1 Å². The number of hydrogen-bond donors (Lipinski definition) is 4. The molecule has 8 nitrogen and oxygen atoms in total. The fourth-order valence-electron chi connectivity index (χ4n) is 5.07. The quantitative estimate of drug-likeness (QED) is 0.575. The van der Waals surface area contributed by atoms with Gasteiger partial charge in [-0.1, -0.05) is 0 Å². The maximum Gasteiger partial charge on any atom is 0.132 e. The summed E-state index contributed by atoms with van der Waals surface area (Å²) in [5.41, 5.74) is 13.4. The molecule has 0 spiro atoms. The number of aliphatic hydroxyl groups excluding tert-OH is 1. The van der Waals surface area contributed by atoms with E-state index in [4.69, 9.17) is 10.5 Å². The largest absolute Gasteiger partial charge is 0.390 e. The third-order valence-corrected chi connectivity index (χ3v) is 7.31. The minimum Gasteiger partial charge on any atom is -0.390 e. The van der Waals surface area contributed by atoms with E-state index in [1.807, 2.05) is 17.9 Å². The molecular weight excluding hydrogens is 375 g/mol. The number of nitrogens with two attached hydrogens (primary N) is 1. The van der Waals surface area contributed by atoms with Crippen molar-refractivity contribution in [1.82, 2.24) is 20.8 Å². The number of aliphatic hydroxyl groups is 1. The third-order valence-electron chi connectivity index (χ3n) is 7.31. The van der Waals surface area contributed by atoms with E-state index in [2.05, 4.69) is 27.7 Å². The predicted octanol–water partition coefficient (Wildman–Crippen LogP) is 0.577. The topological polar surface area (TPSA) is 109 Å². The SMILES string of the molecule is C[C@H]1[C@H](N)[C@@H](O)CN1c1cc(C2NNC3CC(F)C(OC4(C)CC4)CC32)ncn1. The number of hydrazine groups is 1. The molecular formula is C20H31FN6O2. The van der Waals surface area contributed by atoms with Crippen LogP contribution >= 0.6 is 0 Å². The van der Waals surface area contributed by atoms with Crippen molar-refractivity contribution in [2.75, 3.05) is 11.4 Å². The molecule has 5 N–H and O–H groups in total. The molecule has 0 radical (unpaired) electrons. The van der Waals surface area contributed by atoms with Gasteiger partial charge in [0.15, 0.2) is 0 Å². The van der Waals surface area contributed by atoms with Crippen LogP contribution in [0.3, 0.4) is 0 Å². The Labute approximate surface area is 170 Å². The van der Waals surface area contributed by atoms with E-state index in [0.717, 1.165) is 24.4 Å². The number of ether oxygens (including phenoxy) is 1. The summed E-state index contributed by atoms with van der Waals surface area (Å²) >= 11 is 0. The fraction of sp³-hybridized carbons (Fsp3) is 0.800. The lowest BCUT2D eigenvalue weighted by atomic mass is 9.78. The molecule has 5 unspecified atom stereocenters. The molecule has 4 fully saturated rings. The summed E-state index contributed by atoms with van der Waals surface area (Å²) in [5.74, 6) is 0.957. The number of alkyl halides is 1. The van der Waals surface area contributed by atoms with E-state index in [1.165, 1.54) is 0 Å². The normalized spacial score (nSPS) is 43.4. The average Bonchev–Trinajstić information content (AvgIpc) is 3.20. The molecule has 2 aliphatic heterocycles. The van der Waals surface area contributed by atoms with Crippen molar-refractivity contribution >= 4 is 5.82 Å².